The minimum atomic E-state index is -4.75. The molecule has 0 amide bonds. The minimum Gasteiger partial charge on any atom is -0.494 e. The summed E-state index contributed by atoms with van der Waals surface area (Å²) < 4.78 is 46.9. The van der Waals surface area contributed by atoms with Crippen molar-refractivity contribution in [1.82, 2.24) is 19.6 Å². The van der Waals surface area contributed by atoms with Crippen molar-refractivity contribution in [2.24, 2.45) is 0 Å². The summed E-state index contributed by atoms with van der Waals surface area (Å²) in [5, 5.41) is 33.4. The van der Waals surface area contributed by atoms with Gasteiger partial charge in [0, 0.05) is 24.8 Å². The maximum absolute atomic E-state index is 12.9. The second-order valence-corrected chi connectivity index (χ2v) is 15.3. The summed E-state index contributed by atoms with van der Waals surface area (Å²) >= 11 is 0. The van der Waals surface area contributed by atoms with Gasteiger partial charge in [0.2, 0.25) is 0 Å². The van der Waals surface area contributed by atoms with E-state index in [1.807, 2.05) is 6.07 Å². The number of ether oxygens (including phenoxy) is 4. The zero-order valence-corrected chi connectivity index (χ0v) is 33.8. The van der Waals surface area contributed by atoms with Gasteiger partial charge in [0.15, 0.2) is 23.4 Å². The van der Waals surface area contributed by atoms with E-state index in [9.17, 15) is 25.1 Å². The SMILES string of the molecule is CCCCCCCCCCCCCCCCCCOC[C@H](COP(=O)(O)OC[C@@H](OC#N)[C@@H](O)Cc1ccc2c(N)ncnn12)Oc1cnc(C#N)c(OC)c1. The predicted octanol–water partition coefficient (Wildman–Crippen LogP) is 7.22. The monoisotopic (exact) mass is 801 g/mol. The highest BCUT2D eigenvalue weighted by Crippen LogP contribution is 2.44. The molecule has 0 saturated carbocycles. The molecule has 56 heavy (non-hydrogen) atoms. The van der Waals surface area contributed by atoms with Gasteiger partial charge in [0.1, 0.15) is 29.8 Å². The second-order valence-electron chi connectivity index (χ2n) is 13.8. The summed E-state index contributed by atoms with van der Waals surface area (Å²) in [6.45, 7) is 1.64. The molecular formula is C39H60N7O9P. The number of nitrogens with two attached hydrogens (primary N) is 1. The van der Waals surface area contributed by atoms with Gasteiger partial charge in [-0.2, -0.15) is 15.6 Å². The lowest BCUT2D eigenvalue weighted by molar-refractivity contribution is -0.0227. The molecule has 17 heteroatoms. The third-order valence-corrected chi connectivity index (χ3v) is 10.3. The molecule has 0 saturated heterocycles. The molecule has 3 aromatic heterocycles. The molecule has 0 fully saturated rings. The molecule has 4 atom stereocenters. The second kappa shape index (κ2) is 26.8. The number of nitrogens with zero attached hydrogens (tertiary/aromatic N) is 6. The number of hydrogen-bond donors (Lipinski definition) is 3. The molecule has 1 unspecified atom stereocenters. The fourth-order valence-corrected chi connectivity index (χ4v) is 6.95. The normalized spacial score (nSPS) is 14.0. The molecule has 0 radical (unpaired) electrons. The summed E-state index contributed by atoms with van der Waals surface area (Å²) in [6, 6.07) is 6.76. The number of unbranched alkanes of at least 4 members (excludes halogenated alkanes) is 15. The van der Waals surface area contributed by atoms with Crippen molar-refractivity contribution in [3.8, 4) is 23.8 Å². The Balaban J connectivity index is 1.42. The number of pyridine rings is 1. The average molecular weight is 802 g/mol. The van der Waals surface area contributed by atoms with Crippen molar-refractivity contribution >= 4 is 19.2 Å². The minimum absolute atomic E-state index is 0.0132. The zero-order valence-electron chi connectivity index (χ0n) is 32.9. The van der Waals surface area contributed by atoms with Crippen LogP contribution < -0.4 is 15.2 Å². The van der Waals surface area contributed by atoms with Gasteiger partial charge in [-0.25, -0.2) is 19.0 Å². The van der Waals surface area contributed by atoms with Crippen LogP contribution in [0, 0.1) is 22.8 Å². The van der Waals surface area contributed by atoms with Gasteiger partial charge in [-0.05, 0) is 18.6 Å². The molecule has 0 bridgehead atoms. The number of phosphoric ester groups is 1. The number of aliphatic hydroxyl groups is 1. The average Bonchev–Trinajstić information content (AvgIpc) is 3.61. The molecule has 3 aromatic rings. The maximum atomic E-state index is 12.9. The van der Waals surface area contributed by atoms with Crippen molar-refractivity contribution in [1.29, 1.82) is 10.5 Å². The van der Waals surface area contributed by atoms with E-state index in [0.717, 1.165) is 19.3 Å². The number of nitrogen functional groups attached to an aromatic ring is 1. The number of aliphatic hydroxyl groups excluding tert-OH is 1. The predicted molar refractivity (Wildman–Crippen MR) is 210 cm³/mol. The highest BCUT2D eigenvalue weighted by atomic mass is 31.2. The topological polar surface area (TPSA) is 230 Å². The van der Waals surface area contributed by atoms with Crippen LogP contribution in [-0.4, -0.2) is 81.4 Å². The molecule has 3 rings (SSSR count). The van der Waals surface area contributed by atoms with Crippen molar-refractivity contribution in [2.45, 2.75) is 134 Å². The number of hydrogen-bond acceptors (Lipinski definition) is 14. The van der Waals surface area contributed by atoms with E-state index in [1.165, 1.54) is 120 Å². The molecule has 0 spiro atoms. The van der Waals surface area contributed by atoms with Gasteiger partial charge < -0.3 is 34.7 Å². The molecule has 0 aliphatic heterocycles. The first kappa shape index (κ1) is 46.4. The van der Waals surface area contributed by atoms with Gasteiger partial charge in [-0.3, -0.25) is 9.05 Å². The van der Waals surface area contributed by atoms with Crippen molar-refractivity contribution < 1.29 is 42.6 Å². The van der Waals surface area contributed by atoms with Gasteiger partial charge in [0.05, 0.1) is 39.2 Å². The largest absolute Gasteiger partial charge is 0.494 e. The Morgan fingerprint density at radius 3 is 2.12 bits per heavy atom. The highest BCUT2D eigenvalue weighted by Gasteiger charge is 2.30. The van der Waals surface area contributed by atoms with Crippen LogP contribution in [0.3, 0.4) is 0 Å². The summed E-state index contributed by atoms with van der Waals surface area (Å²) in [7, 11) is -3.36. The number of phosphoric acid groups is 1. The Kier molecular flexibility index (Phi) is 22.2. The molecule has 16 nitrogen and oxygen atoms in total. The fraction of sp³-hybridized carbons (Fsp3) is 0.667. The molecule has 310 valence electrons. The first-order valence-electron chi connectivity index (χ1n) is 19.8. The molecule has 4 N–H and O–H groups in total. The number of anilines is 1. The third kappa shape index (κ3) is 17.4. The summed E-state index contributed by atoms with van der Waals surface area (Å²) in [4.78, 5) is 18.5. The lowest BCUT2D eigenvalue weighted by Gasteiger charge is -2.23. The molecular weight excluding hydrogens is 741 g/mol. The van der Waals surface area contributed by atoms with Crippen LogP contribution in [0.5, 0.6) is 11.5 Å². The van der Waals surface area contributed by atoms with E-state index in [0.29, 0.717) is 17.8 Å². The van der Waals surface area contributed by atoms with Crippen LogP contribution >= 0.6 is 7.82 Å². The Morgan fingerprint density at radius 2 is 1.52 bits per heavy atom. The van der Waals surface area contributed by atoms with Crippen LogP contribution in [0.2, 0.25) is 0 Å². The Hall–Kier alpha value is -4.02. The quantitative estimate of drug-likeness (QED) is 0.0322. The first-order chi connectivity index (χ1) is 27.2. The number of aromatic nitrogens is 4. The number of rotatable bonds is 32. The van der Waals surface area contributed by atoms with E-state index < -0.39 is 39.3 Å². The standard InChI is InChI=1S/C39H60N7O9P/c1-3-4-5-6-7-8-9-10-11-12-13-14-15-16-17-18-21-51-26-33(55-32-23-37(50-2)34(24-40)43-25-32)27-53-56(48,49)54-28-38(52-29-41)36(47)22-31-19-20-35-39(42)44-30-45-46(31)35/h19-20,23,25,30,33,36,38,47H,3-18,21-22,26-28H2,1-2H3,(H,48,49)(H2,42,44,45)/t33-,36+,38-/m1/s1. The van der Waals surface area contributed by atoms with E-state index in [2.05, 4.69) is 22.0 Å². The molecule has 0 aliphatic carbocycles. The Morgan fingerprint density at radius 1 is 0.893 bits per heavy atom. The van der Waals surface area contributed by atoms with Gasteiger partial charge in [-0.1, -0.05) is 103 Å². The van der Waals surface area contributed by atoms with E-state index >= 15 is 0 Å². The van der Waals surface area contributed by atoms with E-state index in [-0.39, 0.29) is 36.0 Å². The van der Waals surface area contributed by atoms with Crippen molar-refractivity contribution in [3.63, 3.8) is 0 Å². The maximum Gasteiger partial charge on any atom is 0.472 e. The molecule has 0 aromatic carbocycles. The summed E-state index contributed by atoms with van der Waals surface area (Å²) in [6.07, 6.45) is 20.8. The van der Waals surface area contributed by atoms with E-state index in [1.54, 1.807) is 12.1 Å². The first-order valence-corrected chi connectivity index (χ1v) is 21.3. The smallest absolute Gasteiger partial charge is 0.472 e. The van der Waals surface area contributed by atoms with Crippen LogP contribution in [0.4, 0.5) is 5.82 Å². The van der Waals surface area contributed by atoms with Gasteiger partial charge in [0.25, 0.3) is 6.26 Å². The van der Waals surface area contributed by atoms with Crippen LogP contribution in [0.1, 0.15) is 121 Å². The number of fused-ring (bicyclic) bond motifs is 1. The summed E-state index contributed by atoms with van der Waals surface area (Å²) in [5.41, 5.74) is 7.01. The van der Waals surface area contributed by atoms with E-state index in [4.69, 9.17) is 33.7 Å². The third-order valence-electron chi connectivity index (χ3n) is 9.34. The van der Waals surface area contributed by atoms with Crippen molar-refractivity contribution in [2.75, 3.05) is 39.3 Å². The highest BCUT2D eigenvalue weighted by molar-refractivity contribution is 7.47. The van der Waals surface area contributed by atoms with Crippen LogP contribution in [0.25, 0.3) is 5.52 Å². The van der Waals surface area contributed by atoms with Crippen LogP contribution in [0.15, 0.2) is 30.7 Å². The zero-order chi connectivity index (χ0) is 40.4. The lowest BCUT2D eigenvalue weighted by Crippen LogP contribution is -2.34. The van der Waals surface area contributed by atoms with Crippen molar-refractivity contribution in [3.05, 3.63) is 42.1 Å². The Labute approximate surface area is 330 Å². The molecule has 0 aliphatic rings. The van der Waals surface area contributed by atoms with Crippen LogP contribution in [-0.2, 0) is 29.5 Å². The Bertz CT molecular complexity index is 1680. The summed E-state index contributed by atoms with van der Waals surface area (Å²) in [5.74, 6) is 0.667. The lowest BCUT2D eigenvalue weighted by atomic mass is 10.0. The fourth-order valence-electron chi connectivity index (χ4n) is 6.19. The van der Waals surface area contributed by atoms with Gasteiger partial charge in [-0.15, -0.1) is 0 Å². The molecule has 3 heterocycles. The van der Waals surface area contributed by atoms with Gasteiger partial charge >= 0.3 is 7.82 Å². The number of methoxy groups -OCH3 is 1. The number of nitriles is 2.